The molecule has 3 nitrogen and oxygen atoms in total. The van der Waals surface area contributed by atoms with Crippen LogP contribution in [0.5, 0.6) is 0 Å². The quantitative estimate of drug-likeness (QED) is 0.369. The summed E-state index contributed by atoms with van der Waals surface area (Å²) in [5, 5.41) is 10.8. The van der Waals surface area contributed by atoms with Crippen LogP contribution >= 0.6 is 23.2 Å². The average molecular weight is 232 g/mol. The summed E-state index contributed by atoms with van der Waals surface area (Å²) in [5.74, 6) is -0.586. The van der Waals surface area contributed by atoms with Crippen LogP contribution in [-0.2, 0) is 0 Å². The summed E-state index contributed by atoms with van der Waals surface area (Å²) in [5.41, 5.74) is 0.946. The minimum atomic E-state index is -0.586. The molecule has 0 bridgehead atoms. The third-order valence-electron chi connectivity index (χ3n) is 1.72. The molecule has 0 aliphatic carbocycles. The van der Waals surface area contributed by atoms with Gasteiger partial charge in [-0.3, -0.25) is 4.79 Å². The van der Waals surface area contributed by atoms with Gasteiger partial charge in [0, 0.05) is 5.56 Å². The summed E-state index contributed by atoms with van der Waals surface area (Å²) in [4.78, 5) is 11.5. The summed E-state index contributed by atoms with van der Waals surface area (Å²) >= 11 is 11.2. The van der Waals surface area contributed by atoms with Crippen molar-refractivity contribution in [2.24, 2.45) is 5.16 Å². The fourth-order valence-electron chi connectivity index (χ4n) is 1.07. The lowest BCUT2D eigenvalue weighted by molar-refractivity contribution is 0.106. The molecule has 0 heterocycles. The van der Waals surface area contributed by atoms with Crippen LogP contribution in [0.3, 0.4) is 0 Å². The van der Waals surface area contributed by atoms with Gasteiger partial charge in [0.1, 0.15) is 0 Å². The van der Waals surface area contributed by atoms with Crippen LogP contribution in [0.25, 0.3) is 0 Å². The Morgan fingerprint density at radius 2 is 2.14 bits per heavy atom. The van der Waals surface area contributed by atoms with Crippen LogP contribution in [0.15, 0.2) is 23.4 Å². The number of ketones is 1. The molecular formula is C9H7Cl2NO2. The van der Waals surface area contributed by atoms with Crippen molar-refractivity contribution < 1.29 is 10.0 Å². The molecule has 0 saturated carbocycles. The first-order chi connectivity index (χ1) is 6.57. The summed E-state index contributed by atoms with van der Waals surface area (Å²) in [7, 11) is 0. The highest BCUT2D eigenvalue weighted by atomic mass is 35.5. The molecule has 0 atom stereocenters. The first kappa shape index (κ1) is 11.0. The van der Waals surface area contributed by atoms with Crippen molar-refractivity contribution in [2.75, 3.05) is 0 Å². The largest absolute Gasteiger partial charge is 0.410 e. The lowest BCUT2D eigenvalue weighted by Crippen LogP contribution is -2.10. The summed E-state index contributed by atoms with van der Waals surface area (Å²) in [6.45, 7) is 1.72. The Bertz CT molecular complexity index is 382. The molecule has 0 saturated heterocycles. The SMILES string of the molecule is Cc1cccc(Cl)c1C(=O)/C(Cl)=N/O. The third-order valence-corrected chi connectivity index (χ3v) is 2.29. The number of nitrogens with zero attached hydrogens (tertiary/aromatic N) is 1. The van der Waals surface area contributed by atoms with Gasteiger partial charge in [-0.1, -0.05) is 40.5 Å². The first-order valence-electron chi connectivity index (χ1n) is 3.75. The van der Waals surface area contributed by atoms with E-state index in [2.05, 4.69) is 5.16 Å². The zero-order chi connectivity index (χ0) is 10.7. The highest BCUT2D eigenvalue weighted by Gasteiger charge is 2.17. The van der Waals surface area contributed by atoms with Gasteiger partial charge in [-0.05, 0) is 18.6 Å². The summed E-state index contributed by atoms with van der Waals surface area (Å²) < 4.78 is 0. The molecule has 0 aliphatic rings. The van der Waals surface area contributed by atoms with Gasteiger partial charge in [0.2, 0.25) is 11.0 Å². The highest BCUT2D eigenvalue weighted by molar-refractivity contribution is 6.85. The number of carbonyl (C=O) groups is 1. The summed E-state index contributed by atoms with van der Waals surface area (Å²) in [6.07, 6.45) is 0. The van der Waals surface area contributed by atoms with Crippen LogP contribution in [-0.4, -0.2) is 16.2 Å². The molecule has 0 spiro atoms. The van der Waals surface area contributed by atoms with Crippen molar-refractivity contribution in [3.63, 3.8) is 0 Å². The maximum absolute atomic E-state index is 11.5. The predicted molar refractivity (Wildman–Crippen MR) is 55.6 cm³/mol. The lowest BCUT2D eigenvalue weighted by atomic mass is 10.1. The smallest absolute Gasteiger partial charge is 0.228 e. The molecule has 74 valence electrons. The molecule has 1 aromatic carbocycles. The van der Waals surface area contributed by atoms with E-state index in [1.54, 1.807) is 25.1 Å². The Morgan fingerprint density at radius 3 is 2.64 bits per heavy atom. The number of hydrogen-bond donors (Lipinski definition) is 1. The van der Waals surface area contributed by atoms with Crippen molar-refractivity contribution >= 4 is 34.2 Å². The van der Waals surface area contributed by atoms with E-state index in [0.717, 1.165) is 0 Å². The Balaban J connectivity index is 3.26. The molecule has 0 amide bonds. The lowest BCUT2D eigenvalue weighted by Gasteiger charge is -2.04. The standard InChI is InChI=1S/C9H7Cl2NO2/c1-5-3-2-4-6(10)7(5)8(13)9(11)12-14/h2-4,14H,1H3/b12-9-. The zero-order valence-electron chi connectivity index (χ0n) is 7.29. The molecule has 1 rings (SSSR count). The molecule has 14 heavy (non-hydrogen) atoms. The Labute approximate surface area is 90.9 Å². The van der Waals surface area contributed by atoms with E-state index in [1.807, 2.05) is 0 Å². The highest BCUT2D eigenvalue weighted by Crippen LogP contribution is 2.20. The molecule has 0 unspecified atom stereocenters. The van der Waals surface area contributed by atoms with Gasteiger partial charge in [-0.2, -0.15) is 0 Å². The maximum Gasteiger partial charge on any atom is 0.228 e. The van der Waals surface area contributed by atoms with Crippen LogP contribution in [0.1, 0.15) is 15.9 Å². The van der Waals surface area contributed by atoms with E-state index in [-0.39, 0.29) is 10.6 Å². The van der Waals surface area contributed by atoms with Crippen molar-refractivity contribution in [1.29, 1.82) is 0 Å². The van der Waals surface area contributed by atoms with Gasteiger partial charge in [0.25, 0.3) is 0 Å². The van der Waals surface area contributed by atoms with E-state index in [4.69, 9.17) is 28.4 Å². The Morgan fingerprint density at radius 1 is 1.50 bits per heavy atom. The maximum atomic E-state index is 11.5. The topological polar surface area (TPSA) is 49.7 Å². The van der Waals surface area contributed by atoms with Gasteiger partial charge in [-0.25, -0.2) is 0 Å². The van der Waals surface area contributed by atoms with Crippen LogP contribution < -0.4 is 0 Å². The number of oxime groups is 1. The number of rotatable bonds is 2. The number of Topliss-reactive ketones (excluding diaryl/α,β-unsaturated/α-hetero) is 1. The minimum absolute atomic E-state index is 0.261. The molecule has 0 aromatic heterocycles. The van der Waals surface area contributed by atoms with Gasteiger partial charge in [0.15, 0.2) is 0 Å². The van der Waals surface area contributed by atoms with Crippen molar-refractivity contribution in [3.8, 4) is 0 Å². The van der Waals surface area contributed by atoms with Gasteiger partial charge in [-0.15, -0.1) is 0 Å². The second kappa shape index (κ2) is 4.44. The van der Waals surface area contributed by atoms with E-state index in [1.165, 1.54) is 0 Å². The first-order valence-corrected chi connectivity index (χ1v) is 4.51. The second-order valence-electron chi connectivity index (χ2n) is 2.65. The molecule has 1 N–H and O–H groups in total. The molecule has 0 aliphatic heterocycles. The zero-order valence-corrected chi connectivity index (χ0v) is 8.80. The minimum Gasteiger partial charge on any atom is -0.410 e. The van der Waals surface area contributed by atoms with Crippen LogP contribution in [0.2, 0.25) is 5.02 Å². The summed E-state index contributed by atoms with van der Waals surface area (Å²) in [6, 6.07) is 5.02. The van der Waals surface area contributed by atoms with E-state index in [9.17, 15) is 4.79 Å². The van der Waals surface area contributed by atoms with Gasteiger partial charge < -0.3 is 5.21 Å². The van der Waals surface area contributed by atoms with E-state index >= 15 is 0 Å². The fraction of sp³-hybridized carbons (Fsp3) is 0.111. The van der Waals surface area contributed by atoms with E-state index in [0.29, 0.717) is 5.56 Å². The van der Waals surface area contributed by atoms with Crippen LogP contribution in [0.4, 0.5) is 0 Å². The van der Waals surface area contributed by atoms with Crippen molar-refractivity contribution in [1.82, 2.24) is 0 Å². The number of hydrogen-bond acceptors (Lipinski definition) is 3. The molecule has 5 heteroatoms. The van der Waals surface area contributed by atoms with Crippen molar-refractivity contribution in [2.45, 2.75) is 6.92 Å². The molecule has 0 radical (unpaired) electrons. The fourth-order valence-corrected chi connectivity index (χ4v) is 1.47. The molecular weight excluding hydrogens is 225 g/mol. The molecule has 0 fully saturated rings. The number of carbonyl (C=O) groups excluding carboxylic acids is 1. The Hall–Kier alpha value is -1.06. The normalized spacial score (nSPS) is 11.5. The third kappa shape index (κ3) is 2.05. The number of halogens is 2. The number of aryl methyl sites for hydroxylation is 1. The average Bonchev–Trinajstić information content (AvgIpc) is 2.16. The molecule has 1 aromatic rings. The number of benzene rings is 1. The van der Waals surface area contributed by atoms with Crippen LogP contribution in [0, 0.1) is 6.92 Å². The second-order valence-corrected chi connectivity index (χ2v) is 3.42. The van der Waals surface area contributed by atoms with Gasteiger partial charge >= 0.3 is 0 Å². The monoisotopic (exact) mass is 231 g/mol. The predicted octanol–water partition coefficient (Wildman–Crippen LogP) is 2.86. The van der Waals surface area contributed by atoms with Crippen molar-refractivity contribution in [3.05, 3.63) is 34.3 Å². The van der Waals surface area contributed by atoms with E-state index < -0.39 is 11.0 Å². The van der Waals surface area contributed by atoms with Gasteiger partial charge in [0.05, 0.1) is 5.02 Å². The Kier molecular flexibility index (Phi) is 3.49.